The molecule has 4 N–H and O–H groups in total. The number of rotatable bonds is 3. The van der Waals surface area contributed by atoms with E-state index in [9.17, 15) is 13.6 Å². The zero-order valence-corrected chi connectivity index (χ0v) is 10.5. The molecule has 0 spiro atoms. The third-order valence-electron chi connectivity index (χ3n) is 2.57. The van der Waals surface area contributed by atoms with Gasteiger partial charge in [-0.05, 0) is 30.3 Å². The first-order valence-corrected chi connectivity index (χ1v) is 5.71. The summed E-state index contributed by atoms with van der Waals surface area (Å²) in [7, 11) is 0. The van der Waals surface area contributed by atoms with Crippen LogP contribution in [0.1, 0.15) is 16.1 Å². The van der Waals surface area contributed by atoms with E-state index in [1.54, 1.807) is 0 Å². The molecule has 0 aliphatic carbocycles. The average molecular weight is 292 g/mol. The van der Waals surface area contributed by atoms with E-state index in [1.807, 2.05) is 0 Å². The van der Waals surface area contributed by atoms with Crippen LogP contribution in [0, 0.1) is 11.6 Å². The molecule has 0 saturated heterocycles. The van der Waals surface area contributed by atoms with Crippen molar-refractivity contribution < 1.29 is 18.8 Å². The summed E-state index contributed by atoms with van der Waals surface area (Å²) in [6.07, 6.45) is 0.893. The van der Waals surface area contributed by atoms with Crippen LogP contribution in [0.15, 0.2) is 41.7 Å². The molecule has 21 heavy (non-hydrogen) atoms. The number of benzene rings is 1. The molecule has 108 valence electrons. The molecule has 0 unspecified atom stereocenters. The van der Waals surface area contributed by atoms with E-state index < -0.39 is 17.5 Å². The fourth-order valence-electron chi connectivity index (χ4n) is 1.59. The molecule has 0 fully saturated rings. The Morgan fingerprint density at radius 2 is 1.95 bits per heavy atom. The predicted molar refractivity (Wildman–Crippen MR) is 71.1 cm³/mol. The van der Waals surface area contributed by atoms with Crippen molar-refractivity contribution >= 4 is 17.4 Å². The summed E-state index contributed by atoms with van der Waals surface area (Å²) in [5.41, 5.74) is 5.51. The lowest BCUT2D eigenvalue weighted by Gasteiger charge is -2.10. The first-order chi connectivity index (χ1) is 10.0. The van der Waals surface area contributed by atoms with Crippen molar-refractivity contribution in [3.63, 3.8) is 0 Å². The van der Waals surface area contributed by atoms with E-state index in [2.05, 4.69) is 15.5 Å². The van der Waals surface area contributed by atoms with E-state index >= 15 is 0 Å². The van der Waals surface area contributed by atoms with E-state index in [0.717, 1.165) is 24.4 Å². The van der Waals surface area contributed by atoms with E-state index in [4.69, 9.17) is 10.9 Å². The molecule has 1 aromatic heterocycles. The zero-order valence-electron chi connectivity index (χ0n) is 10.5. The highest BCUT2D eigenvalue weighted by atomic mass is 19.1. The van der Waals surface area contributed by atoms with Gasteiger partial charge in [0.1, 0.15) is 17.3 Å². The summed E-state index contributed by atoms with van der Waals surface area (Å²) in [6.45, 7) is 0. The number of anilines is 1. The Balaban J connectivity index is 2.31. The standard InChI is InChI=1S/C13H10F2N4O2/c14-7-1-3-10(9(5-7)12(16)19-21)18-13(20)11-4-2-8(15)6-17-11/h1-6,21H,(H2,16,19)(H,18,20). The van der Waals surface area contributed by atoms with Gasteiger partial charge in [0.25, 0.3) is 5.91 Å². The van der Waals surface area contributed by atoms with Gasteiger partial charge in [-0.2, -0.15) is 0 Å². The SMILES string of the molecule is N/C(=N/O)c1cc(F)ccc1NC(=O)c1ccc(F)cn1. The van der Waals surface area contributed by atoms with Crippen molar-refractivity contribution in [2.75, 3.05) is 5.32 Å². The first kappa shape index (κ1) is 14.4. The fourth-order valence-corrected chi connectivity index (χ4v) is 1.59. The third kappa shape index (κ3) is 3.30. The smallest absolute Gasteiger partial charge is 0.274 e. The van der Waals surface area contributed by atoms with Gasteiger partial charge in [0.05, 0.1) is 11.9 Å². The van der Waals surface area contributed by atoms with Crippen LogP contribution < -0.4 is 11.1 Å². The molecule has 0 aliphatic heterocycles. The number of oxime groups is 1. The number of pyridine rings is 1. The average Bonchev–Trinajstić information content (AvgIpc) is 2.48. The zero-order chi connectivity index (χ0) is 15.4. The summed E-state index contributed by atoms with van der Waals surface area (Å²) >= 11 is 0. The second-order valence-electron chi connectivity index (χ2n) is 3.99. The van der Waals surface area contributed by atoms with Crippen molar-refractivity contribution in [3.8, 4) is 0 Å². The van der Waals surface area contributed by atoms with Crippen molar-refractivity contribution in [3.05, 3.63) is 59.4 Å². The number of hydrogen-bond donors (Lipinski definition) is 3. The Morgan fingerprint density at radius 1 is 1.24 bits per heavy atom. The summed E-state index contributed by atoms with van der Waals surface area (Å²) in [6, 6.07) is 5.63. The quantitative estimate of drug-likeness (QED) is 0.347. The number of halogens is 2. The number of hydrogen-bond acceptors (Lipinski definition) is 4. The molecule has 8 heteroatoms. The molecule has 1 aromatic carbocycles. The molecule has 0 radical (unpaired) electrons. The van der Waals surface area contributed by atoms with Crippen LogP contribution in [0.4, 0.5) is 14.5 Å². The van der Waals surface area contributed by atoms with Gasteiger partial charge in [0.15, 0.2) is 5.84 Å². The van der Waals surface area contributed by atoms with Gasteiger partial charge in [-0.3, -0.25) is 4.79 Å². The number of amidine groups is 1. The van der Waals surface area contributed by atoms with Crippen LogP contribution in [0.5, 0.6) is 0 Å². The Hall–Kier alpha value is -3.03. The second kappa shape index (κ2) is 5.95. The summed E-state index contributed by atoms with van der Waals surface area (Å²) < 4.78 is 25.9. The molecule has 1 heterocycles. The molecule has 2 aromatic rings. The summed E-state index contributed by atoms with van der Waals surface area (Å²) in [4.78, 5) is 15.6. The van der Waals surface area contributed by atoms with Crippen molar-refractivity contribution in [1.29, 1.82) is 0 Å². The highest BCUT2D eigenvalue weighted by Gasteiger charge is 2.13. The van der Waals surface area contributed by atoms with E-state index in [0.29, 0.717) is 0 Å². The number of carbonyl (C=O) groups is 1. The molecule has 0 saturated carbocycles. The lowest BCUT2D eigenvalue weighted by molar-refractivity contribution is 0.102. The van der Waals surface area contributed by atoms with Crippen molar-refractivity contribution in [1.82, 2.24) is 4.98 Å². The summed E-state index contributed by atoms with van der Waals surface area (Å²) in [5.74, 6) is -2.20. The minimum absolute atomic E-state index is 0.00737. The number of amides is 1. The minimum atomic E-state index is -0.645. The molecular weight excluding hydrogens is 282 g/mol. The van der Waals surface area contributed by atoms with Crippen LogP contribution in [0.3, 0.4) is 0 Å². The maximum atomic E-state index is 13.2. The van der Waals surface area contributed by atoms with Crippen LogP contribution in [-0.2, 0) is 0 Å². The van der Waals surface area contributed by atoms with Crippen LogP contribution in [-0.4, -0.2) is 21.9 Å². The van der Waals surface area contributed by atoms with Gasteiger partial charge in [-0.15, -0.1) is 0 Å². The van der Waals surface area contributed by atoms with Gasteiger partial charge in [0, 0.05) is 5.56 Å². The molecule has 0 atom stereocenters. The Bertz CT molecular complexity index is 702. The molecule has 0 aliphatic rings. The Morgan fingerprint density at radius 3 is 2.57 bits per heavy atom. The first-order valence-electron chi connectivity index (χ1n) is 5.71. The maximum absolute atomic E-state index is 13.2. The van der Waals surface area contributed by atoms with Gasteiger partial charge < -0.3 is 16.3 Å². The number of carbonyl (C=O) groups excluding carboxylic acids is 1. The normalized spacial score (nSPS) is 11.2. The highest BCUT2D eigenvalue weighted by Crippen LogP contribution is 2.17. The number of nitrogens with two attached hydrogens (primary N) is 1. The van der Waals surface area contributed by atoms with Gasteiger partial charge in [0.2, 0.25) is 0 Å². The number of nitrogens with zero attached hydrogens (tertiary/aromatic N) is 2. The van der Waals surface area contributed by atoms with Crippen molar-refractivity contribution in [2.45, 2.75) is 0 Å². The monoisotopic (exact) mass is 292 g/mol. The molecule has 0 bridgehead atoms. The summed E-state index contributed by atoms with van der Waals surface area (Å²) in [5, 5.41) is 13.8. The fraction of sp³-hybridized carbons (Fsp3) is 0. The van der Waals surface area contributed by atoms with Gasteiger partial charge in [-0.1, -0.05) is 5.16 Å². The van der Waals surface area contributed by atoms with E-state index in [-0.39, 0.29) is 22.8 Å². The van der Waals surface area contributed by atoms with Crippen LogP contribution in [0.2, 0.25) is 0 Å². The lowest BCUT2D eigenvalue weighted by atomic mass is 10.1. The second-order valence-corrected chi connectivity index (χ2v) is 3.99. The molecule has 6 nitrogen and oxygen atoms in total. The lowest BCUT2D eigenvalue weighted by Crippen LogP contribution is -2.20. The van der Waals surface area contributed by atoms with Crippen LogP contribution >= 0.6 is 0 Å². The number of nitrogens with one attached hydrogen (secondary N) is 1. The third-order valence-corrected chi connectivity index (χ3v) is 2.57. The topological polar surface area (TPSA) is 101 Å². The van der Waals surface area contributed by atoms with E-state index in [1.165, 1.54) is 12.1 Å². The molecular formula is C13H10F2N4O2. The largest absolute Gasteiger partial charge is 0.409 e. The minimum Gasteiger partial charge on any atom is -0.409 e. The van der Waals surface area contributed by atoms with Crippen molar-refractivity contribution in [2.24, 2.45) is 10.9 Å². The van der Waals surface area contributed by atoms with Gasteiger partial charge >= 0.3 is 0 Å². The Labute approximate surface area is 117 Å². The van der Waals surface area contributed by atoms with Crippen LogP contribution in [0.25, 0.3) is 0 Å². The molecule has 1 amide bonds. The predicted octanol–water partition coefficient (Wildman–Crippen LogP) is 1.71. The molecule has 2 rings (SSSR count). The number of aromatic nitrogens is 1. The van der Waals surface area contributed by atoms with Gasteiger partial charge in [-0.25, -0.2) is 13.8 Å². The Kier molecular flexibility index (Phi) is 4.07. The highest BCUT2D eigenvalue weighted by molar-refractivity contribution is 6.09. The maximum Gasteiger partial charge on any atom is 0.274 e.